The van der Waals surface area contributed by atoms with E-state index in [2.05, 4.69) is 16.1 Å². The summed E-state index contributed by atoms with van der Waals surface area (Å²) in [6, 6.07) is 6.94. The maximum absolute atomic E-state index is 13.4. The Bertz CT molecular complexity index is 1580. The SMILES string of the molecule is COCC(NC(=O)[C@@H](OC(=O)C(C)(C)/C=C/c1ccc2ccc([C@@H](C)NC(=O)OC(C)(C)C)nc2c1)C(C)C)C(=O)N1CCC[C@@H](C(=O)O)N1. The normalized spacial score (nSPS) is 17.2. The second kappa shape index (κ2) is 16.9. The van der Waals surface area contributed by atoms with Crippen molar-refractivity contribution in [2.45, 2.75) is 98.1 Å². The fourth-order valence-electron chi connectivity index (χ4n) is 5.09. The van der Waals surface area contributed by atoms with Gasteiger partial charge in [0.2, 0.25) is 0 Å². The van der Waals surface area contributed by atoms with Crippen LogP contribution in [-0.2, 0) is 33.4 Å². The summed E-state index contributed by atoms with van der Waals surface area (Å²) in [5.74, 6) is -3.41. The number of carbonyl (C=O) groups excluding carboxylic acids is 4. The number of hydrogen-bond acceptors (Lipinski definition) is 10. The van der Waals surface area contributed by atoms with Crippen LogP contribution in [0.3, 0.4) is 0 Å². The van der Waals surface area contributed by atoms with Gasteiger partial charge in [-0.3, -0.25) is 29.2 Å². The van der Waals surface area contributed by atoms with Crippen molar-refractivity contribution in [3.05, 3.63) is 47.7 Å². The van der Waals surface area contributed by atoms with Crippen molar-refractivity contribution < 1.29 is 43.3 Å². The molecule has 50 heavy (non-hydrogen) atoms. The molecule has 3 rings (SSSR count). The third-order valence-electron chi connectivity index (χ3n) is 7.93. The molecule has 2 heterocycles. The lowest BCUT2D eigenvalue weighted by Crippen LogP contribution is -2.61. The van der Waals surface area contributed by atoms with E-state index in [-0.39, 0.29) is 13.2 Å². The van der Waals surface area contributed by atoms with Crippen LogP contribution in [0.15, 0.2) is 36.4 Å². The number of carboxylic acid groups (broad SMARTS) is 1. The molecule has 274 valence electrons. The number of methoxy groups -OCH3 is 1. The lowest BCUT2D eigenvalue weighted by molar-refractivity contribution is -0.165. The molecule has 0 bridgehead atoms. The molecule has 1 aliphatic heterocycles. The Labute approximate surface area is 293 Å². The predicted octanol–water partition coefficient (Wildman–Crippen LogP) is 4.14. The van der Waals surface area contributed by atoms with Crippen LogP contribution in [0.4, 0.5) is 4.79 Å². The third-order valence-corrected chi connectivity index (χ3v) is 7.93. The number of alkyl carbamates (subject to hydrolysis) is 1. The van der Waals surface area contributed by atoms with Gasteiger partial charge in [0, 0.05) is 19.0 Å². The molecule has 0 radical (unpaired) electrons. The number of pyridine rings is 1. The number of hydrazine groups is 1. The molecule has 14 heteroatoms. The van der Waals surface area contributed by atoms with Gasteiger partial charge in [0.15, 0.2) is 6.10 Å². The third kappa shape index (κ3) is 11.2. The van der Waals surface area contributed by atoms with E-state index in [4.69, 9.17) is 19.2 Å². The molecular weight excluding hydrogens is 646 g/mol. The Morgan fingerprint density at radius 2 is 1.74 bits per heavy atom. The van der Waals surface area contributed by atoms with Gasteiger partial charge in [0.05, 0.1) is 29.3 Å². The first-order chi connectivity index (χ1) is 23.3. The number of benzene rings is 1. The molecule has 4 atom stereocenters. The number of carbonyl (C=O) groups is 5. The first-order valence-electron chi connectivity index (χ1n) is 16.7. The summed E-state index contributed by atoms with van der Waals surface area (Å²) in [5, 5.41) is 16.9. The monoisotopic (exact) mass is 697 g/mol. The summed E-state index contributed by atoms with van der Waals surface area (Å²) in [6.45, 7) is 14.1. The zero-order chi connectivity index (χ0) is 37.4. The van der Waals surface area contributed by atoms with Crippen molar-refractivity contribution in [3.63, 3.8) is 0 Å². The average molecular weight is 698 g/mol. The number of nitrogens with zero attached hydrogens (tertiary/aromatic N) is 2. The standard InChI is InChI=1S/C36H51N5O9/c1-21(2)29(30(42)39-28(20-48-9)31(43)41-18-10-11-26(40-41)32(44)45)49-33(46)36(7,8)17-16-23-12-13-24-14-15-25(38-27(24)19-23)22(3)37-34(47)50-35(4,5)6/h12-17,19,21-22,26,28-29,40H,10-11,18,20H2,1-9H3,(H,37,47)(H,39,42)(H,44,45)/b17-16+/t22-,26+,28?,29+/m1/s1. The van der Waals surface area contributed by atoms with Crippen LogP contribution < -0.4 is 16.1 Å². The molecule has 1 aliphatic rings. The van der Waals surface area contributed by atoms with Crippen LogP contribution in [0, 0.1) is 11.3 Å². The van der Waals surface area contributed by atoms with E-state index in [0.717, 1.165) is 10.9 Å². The van der Waals surface area contributed by atoms with E-state index >= 15 is 0 Å². The van der Waals surface area contributed by atoms with Crippen LogP contribution in [0.1, 0.15) is 85.5 Å². The molecule has 0 saturated carbocycles. The quantitative estimate of drug-likeness (QED) is 0.221. The number of hydrogen-bond donors (Lipinski definition) is 4. The summed E-state index contributed by atoms with van der Waals surface area (Å²) >= 11 is 0. The largest absolute Gasteiger partial charge is 0.480 e. The Morgan fingerprint density at radius 3 is 2.36 bits per heavy atom. The fourth-order valence-corrected chi connectivity index (χ4v) is 5.09. The van der Waals surface area contributed by atoms with Crippen LogP contribution in [0.5, 0.6) is 0 Å². The molecule has 0 aliphatic carbocycles. The molecule has 0 spiro atoms. The van der Waals surface area contributed by atoms with E-state index < -0.39 is 71.0 Å². The summed E-state index contributed by atoms with van der Waals surface area (Å²) < 4.78 is 16.3. The minimum atomic E-state index is -1.22. The minimum Gasteiger partial charge on any atom is -0.480 e. The number of esters is 1. The molecular formula is C36H51N5O9. The van der Waals surface area contributed by atoms with Crippen molar-refractivity contribution in [3.8, 4) is 0 Å². The maximum atomic E-state index is 13.4. The molecule has 3 amide bonds. The molecule has 1 fully saturated rings. The second-order valence-electron chi connectivity index (χ2n) is 14.3. The van der Waals surface area contributed by atoms with E-state index in [1.54, 1.807) is 60.6 Å². The summed E-state index contributed by atoms with van der Waals surface area (Å²) in [7, 11) is 1.37. The van der Waals surface area contributed by atoms with E-state index in [1.165, 1.54) is 12.1 Å². The van der Waals surface area contributed by atoms with Crippen molar-refractivity contribution in [1.29, 1.82) is 0 Å². The zero-order valence-electron chi connectivity index (χ0n) is 30.4. The van der Waals surface area contributed by atoms with Crippen molar-refractivity contribution in [2.75, 3.05) is 20.3 Å². The maximum Gasteiger partial charge on any atom is 0.408 e. The van der Waals surface area contributed by atoms with Crippen LogP contribution in [-0.4, -0.2) is 89.0 Å². The van der Waals surface area contributed by atoms with Crippen molar-refractivity contribution in [2.24, 2.45) is 11.3 Å². The highest BCUT2D eigenvalue weighted by molar-refractivity contribution is 5.91. The van der Waals surface area contributed by atoms with Gasteiger partial charge in [0.25, 0.3) is 11.8 Å². The lowest BCUT2D eigenvalue weighted by Gasteiger charge is -2.34. The Kier molecular flexibility index (Phi) is 13.5. The van der Waals surface area contributed by atoms with Crippen LogP contribution in [0.25, 0.3) is 17.0 Å². The van der Waals surface area contributed by atoms with E-state index in [1.807, 2.05) is 37.3 Å². The predicted molar refractivity (Wildman–Crippen MR) is 186 cm³/mol. The Balaban J connectivity index is 1.70. The number of rotatable bonds is 13. The number of ether oxygens (including phenoxy) is 3. The van der Waals surface area contributed by atoms with Gasteiger partial charge in [-0.15, -0.1) is 0 Å². The fraction of sp³-hybridized carbons (Fsp3) is 0.556. The highest BCUT2D eigenvalue weighted by Crippen LogP contribution is 2.25. The highest BCUT2D eigenvalue weighted by atomic mass is 16.6. The summed E-state index contributed by atoms with van der Waals surface area (Å²) in [6.07, 6.45) is 2.53. The van der Waals surface area contributed by atoms with Gasteiger partial charge in [-0.1, -0.05) is 44.2 Å². The average Bonchev–Trinajstić information content (AvgIpc) is 3.04. The Hall–Kier alpha value is -4.56. The molecule has 2 aromatic rings. The van der Waals surface area contributed by atoms with E-state index in [9.17, 15) is 29.1 Å². The first kappa shape index (κ1) is 39.9. The van der Waals surface area contributed by atoms with Crippen molar-refractivity contribution >= 4 is 46.8 Å². The van der Waals surface area contributed by atoms with Gasteiger partial charge in [-0.25, -0.2) is 10.2 Å². The Morgan fingerprint density at radius 1 is 1.06 bits per heavy atom. The molecule has 1 unspecified atom stereocenters. The molecule has 1 aromatic heterocycles. The van der Waals surface area contributed by atoms with Gasteiger partial charge >= 0.3 is 18.0 Å². The van der Waals surface area contributed by atoms with Gasteiger partial charge in [0.1, 0.15) is 17.7 Å². The minimum absolute atomic E-state index is 0.172. The number of amides is 3. The van der Waals surface area contributed by atoms with Crippen LogP contribution >= 0.6 is 0 Å². The van der Waals surface area contributed by atoms with Crippen molar-refractivity contribution in [1.82, 2.24) is 26.1 Å². The van der Waals surface area contributed by atoms with E-state index in [0.29, 0.717) is 24.1 Å². The summed E-state index contributed by atoms with van der Waals surface area (Å²) in [5.41, 5.74) is 3.03. The van der Waals surface area contributed by atoms with Gasteiger partial charge in [-0.05, 0) is 78.0 Å². The van der Waals surface area contributed by atoms with Gasteiger partial charge in [-0.2, -0.15) is 0 Å². The molecule has 1 saturated heterocycles. The van der Waals surface area contributed by atoms with Gasteiger partial charge < -0.3 is 30.0 Å². The zero-order valence-corrected chi connectivity index (χ0v) is 30.4. The smallest absolute Gasteiger partial charge is 0.408 e. The summed E-state index contributed by atoms with van der Waals surface area (Å²) in [4.78, 5) is 68.5. The highest BCUT2D eigenvalue weighted by Gasteiger charge is 2.37. The number of fused-ring (bicyclic) bond motifs is 1. The molecule has 4 N–H and O–H groups in total. The number of nitrogens with one attached hydrogen (secondary N) is 3. The molecule has 1 aromatic carbocycles. The van der Waals surface area contributed by atoms with Crippen LogP contribution in [0.2, 0.25) is 0 Å². The number of carboxylic acids is 1. The number of aliphatic carboxylic acids is 1. The topological polar surface area (TPSA) is 185 Å². The lowest BCUT2D eigenvalue weighted by atomic mass is 9.92. The first-order valence-corrected chi connectivity index (χ1v) is 16.7. The number of aromatic nitrogens is 1. The second-order valence-corrected chi connectivity index (χ2v) is 14.3. The molecule has 14 nitrogen and oxygen atoms in total.